The van der Waals surface area contributed by atoms with Crippen LogP contribution in [0.15, 0.2) is 0 Å². The number of hydrogen-bond donors (Lipinski definition) is 2. The molecule has 0 aromatic heterocycles. The minimum absolute atomic E-state index is 0.182. The summed E-state index contributed by atoms with van der Waals surface area (Å²) in [5, 5.41) is 12.0. The van der Waals surface area contributed by atoms with E-state index in [0.717, 1.165) is 12.8 Å². The van der Waals surface area contributed by atoms with Gasteiger partial charge in [-0.15, -0.1) is 0 Å². The monoisotopic (exact) mass is 270 g/mol. The van der Waals surface area contributed by atoms with Gasteiger partial charge >= 0.3 is 12.0 Å². The highest BCUT2D eigenvalue weighted by Gasteiger charge is 2.39. The van der Waals surface area contributed by atoms with Gasteiger partial charge in [0.1, 0.15) is 6.04 Å². The third-order valence-corrected chi connectivity index (χ3v) is 4.16. The highest BCUT2D eigenvalue weighted by Crippen LogP contribution is 2.24. The Morgan fingerprint density at radius 1 is 1.37 bits per heavy atom. The second-order valence-electron chi connectivity index (χ2n) is 5.44. The summed E-state index contributed by atoms with van der Waals surface area (Å²) in [6.45, 7) is 1.00. The molecule has 0 spiro atoms. The molecule has 2 N–H and O–H groups in total. The van der Waals surface area contributed by atoms with Crippen molar-refractivity contribution in [3.63, 3.8) is 0 Å². The first-order valence-electron chi connectivity index (χ1n) is 6.92. The van der Waals surface area contributed by atoms with Gasteiger partial charge in [-0.25, -0.2) is 9.59 Å². The van der Waals surface area contributed by atoms with Gasteiger partial charge in [0, 0.05) is 26.6 Å². The van der Waals surface area contributed by atoms with Gasteiger partial charge in [-0.05, 0) is 18.8 Å². The molecule has 0 aromatic carbocycles. The Kier molecular flexibility index (Phi) is 4.63. The second kappa shape index (κ2) is 6.23. The third-order valence-electron chi connectivity index (χ3n) is 4.16. The fraction of sp³-hybridized carbons (Fsp3) is 0.846. The lowest BCUT2D eigenvalue weighted by molar-refractivity contribution is -0.141. The zero-order chi connectivity index (χ0) is 13.8. The van der Waals surface area contributed by atoms with Crippen LogP contribution in [0.3, 0.4) is 0 Å². The number of carbonyl (C=O) groups excluding carboxylic acids is 1. The van der Waals surface area contributed by atoms with E-state index >= 15 is 0 Å². The molecule has 1 saturated carbocycles. The van der Waals surface area contributed by atoms with E-state index in [1.807, 2.05) is 0 Å². The van der Waals surface area contributed by atoms with Crippen molar-refractivity contribution in [1.82, 2.24) is 10.2 Å². The van der Waals surface area contributed by atoms with Crippen molar-refractivity contribution in [2.24, 2.45) is 5.92 Å². The fourth-order valence-corrected chi connectivity index (χ4v) is 2.97. The number of amides is 2. The van der Waals surface area contributed by atoms with Crippen LogP contribution in [0.5, 0.6) is 0 Å². The lowest BCUT2D eigenvalue weighted by Gasteiger charge is -2.22. The van der Waals surface area contributed by atoms with Crippen molar-refractivity contribution in [2.45, 2.75) is 44.2 Å². The molecule has 108 valence electrons. The van der Waals surface area contributed by atoms with Gasteiger partial charge in [0.15, 0.2) is 0 Å². The Morgan fingerprint density at radius 3 is 2.63 bits per heavy atom. The average molecular weight is 270 g/mol. The van der Waals surface area contributed by atoms with Crippen molar-refractivity contribution < 1.29 is 19.4 Å². The molecule has 1 heterocycles. The summed E-state index contributed by atoms with van der Waals surface area (Å²) in [5.74, 6) is -0.413. The molecule has 6 heteroatoms. The normalized spacial score (nSPS) is 27.7. The summed E-state index contributed by atoms with van der Waals surface area (Å²) in [5.41, 5.74) is 0. The van der Waals surface area contributed by atoms with Gasteiger partial charge in [-0.1, -0.05) is 12.8 Å². The highest BCUT2D eigenvalue weighted by molar-refractivity contribution is 5.83. The van der Waals surface area contributed by atoms with Gasteiger partial charge in [0.05, 0.1) is 6.10 Å². The van der Waals surface area contributed by atoms with Gasteiger partial charge in [0.25, 0.3) is 0 Å². The van der Waals surface area contributed by atoms with E-state index < -0.39 is 12.0 Å². The molecule has 0 bridgehead atoms. The fourth-order valence-electron chi connectivity index (χ4n) is 2.97. The van der Waals surface area contributed by atoms with Crippen molar-refractivity contribution in [3.05, 3.63) is 0 Å². The number of likely N-dealkylation sites (tertiary alicyclic amines) is 1. The van der Waals surface area contributed by atoms with Crippen LogP contribution in [0, 0.1) is 5.92 Å². The first kappa shape index (κ1) is 14.1. The number of aliphatic carboxylic acids is 1. The molecule has 0 aromatic rings. The summed E-state index contributed by atoms with van der Waals surface area (Å²) in [7, 11) is 1.55. The lowest BCUT2D eigenvalue weighted by Crippen LogP contribution is -2.47. The first-order valence-corrected chi connectivity index (χ1v) is 6.92. The van der Waals surface area contributed by atoms with Crippen molar-refractivity contribution in [2.75, 3.05) is 20.2 Å². The Bertz CT molecular complexity index is 342. The molecule has 0 radical (unpaired) electrons. The molecule has 1 aliphatic heterocycles. The quantitative estimate of drug-likeness (QED) is 0.800. The predicted molar refractivity (Wildman–Crippen MR) is 68.9 cm³/mol. The smallest absolute Gasteiger partial charge is 0.326 e. The standard InChI is InChI=1S/C13H22N2O4/c1-19-10-6-11(12(16)17)15(8-10)13(18)14-7-9-4-2-3-5-9/h9-11H,2-8H2,1H3,(H,14,18)(H,16,17). The number of rotatable bonds is 4. The van der Waals surface area contributed by atoms with Crippen molar-refractivity contribution in [3.8, 4) is 0 Å². The van der Waals surface area contributed by atoms with Crippen LogP contribution >= 0.6 is 0 Å². The van der Waals surface area contributed by atoms with E-state index in [9.17, 15) is 9.59 Å². The van der Waals surface area contributed by atoms with E-state index in [4.69, 9.17) is 9.84 Å². The number of methoxy groups -OCH3 is 1. The Morgan fingerprint density at radius 2 is 2.05 bits per heavy atom. The Hall–Kier alpha value is -1.30. The number of carboxylic acid groups (broad SMARTS) is 1. The number of hydrogen-bond acceptors (Lipinski definition) is 3. The van der Waals surface area contributed by atoms with Crippen molar-refractivity contribution in [1.29, 1.82) is 0 Å². The maximum absolute atomic E-state index is 12.1. The van der Waals surface area contributed by atoms with Gasteiger partial charge < -0.3 is 20.1 Å². The average Bonchev–Trinajstić information content (AvgIpc) is 3.04. The Labute approximate surface area is 113 Å². The largest absolute Gasteiger partial charge is 0.480 e. The summed E-state index contributed by atoms with van der Waals surface area (Å²) >= 11 is 0. The molecule has 1 saturated heterocycles. The molecule has 2 fully saturated rings. The summed E-state index contributed by atoms with van der Waals surface area (Å²) in [6.07, 6.45) is 4.95. The lowest BCUT2D eigenvalue weighted by atomic mass is 10.1. The van der Waals surface area contributed by atoms with Crippen LogP contribution in [0.2, 0.25) is 0 Å². The third kappa shape index (κ3) is 3.37. The van der Waals surface area contributed by atoms with E-state index in [1.54, 1.807) is 7.11 Å². The van der Waals surface area contributed by atoms with E-state index in [0.29, 0.717) is 25.4 Å². The number of ether oxygens (including phenoxy) is 1. The van der Waals surface area contributed by atoms with E-state index in [2.05, 4.69) is 5.32 Å². The molecule has 2 atom stereocenters. The van der Waals surface area contributed by atoms with Gasteiger partial charge in [-0.2, -0.15) is 0 Å². The van der Waals surface area contributed by atoms with Gasteiger partial charge in [-0.3, -0.25) is 0 Å². The van der Waals surface area contributed by atoms with Crippen LogP contribution in [0.4, 0.5) is 4.79 Å². The molecule has 19 heavy (non-hydrogen) atoms. The number of carboxylic acids is 1. The number of carbonyl (C=O) groups is 2. The van der Waals surface area contributed by atoms with Crippen LogP contribution in [-0.4, -0.2) is 54.4 Å². The predicted octanol–water partition coefficient (Wildman–Crippen LogP) is 1.06. The minimum atomic E-state index is -0.962. The SMILES string of the molecule is COC1CC(C(=O)O)N(C(=O)NCC2CCCC2)C1. The maximum atomic E-state index is 12.1. The molecule has 2 aliphatic rings. The van der Waals surface area contributed by atoms with Crippen LogP contribution in [-0.2, 0) is 9.53 Å². The zero-order valence-corrected chi connectivity index (χ0v) is 11.3. The summed E-state index contributed by atoms with van der Waals surface area (Å²) in [6, 6.07) is -1.05. The molecule has 2 unspecified atom stereocenters. The Balaban J connectivity index is 1.87. The molecule has 1 aliphatic carbocycles. The maximum Gasteiger partial charge on any atom is 0.326 e. The van der Waals surface area contributed by atoms with Crippen LogP contribution in [0.25, 0.3) is 0 Å². The highest BCUT2D eigenvalue weighted by atomic mass is 16.5. The van der Waals surface area contributed by atoms with E-state index in [1.165, 1.54) is 17.7 Å². The topological polar surface area (TPSA) is 78.9 Å². The van der Waals surface area contributed by atoms with Crippen LogP contribution < -0.4 is 5.32 Å². The number of urea groups is 1. The minimum Gasteiger partial charge on any atom is -0.480 e. The first-order chi connectivity index (χ1) is 9.11. The van der Waals surface area contributed by atoms with Gasteiger partial charge in [0.2, 0.25) is 0 Å². The molecule has 2 amide bonds. The summed E-state index contributed by atoms with van der Waals surface area (Å²) < 4.78 is 5.16. The molecular weight excluding hydrogens is 248 g/mol. The number of nitrogens with one attached hydrogen (secondary N) is 1. The second-order valence-corrected chi connectivity index (χ2v) is 5.44. The van der Waals surface area contributed by atoms with E-state index in [-0.39, 0.29) is 12.1 Å². The summed E-state index contributed by atoms with van der Waals surface area (Å²) in [4.78, 5) is 24.6. The zero-order valence-electron chi connectivity index (χ0n) is 11.3. The molecule has 2 rings (SSSR count). The van der Waals surface area contributed by atoms with Crippen molar-refractivity contribution >= 4 is 12.0 Å². The number of nitrogens with zero attached hydrogens (tertiary/aromatic N) is 1. The van der Waals surface area contributed by atoms with Crippen LogP contribution in [0.1, 0.15) is 32.1 Å². The molecule has 6 nitrogen and oxygen atoms in total. The molecular formula is C13H22N2O4.